The highest BCUT2D eigenvalue weighted by Gasteiger charge is 2.38. The van der Waals surface area contributed by atoms with E-state index in [-0.39, 0.29) is 16.9 Å². The standard InChI is InChI=1S/C23H22O5S2/c1-22(2,3)14-13-18(29)11-9-7-8-10-12(11)30-19(13)17-16(15(14)23(4,5)6)26-20(24)28-21(25)27-17/h7-10H,1-6H3. The third-order valence-corrected chi connectivity index (χ3v) is 6.57. The van der Waals surface area contributed by atoms with Crippen LogP contribution in [0.5, 0.6) is 11.5 Å². The zero-order valence-electron chi connectivity index (χ0n) is 17.7. The van der Waals surface area contributed by atoms with Crippen molar-refractivity contribution in [2.24, 2.45) is 0 Å². The molecule has 0 saturated carbocycles. The van der Waals surface area contributed by atoms with E-state index in [9.17, 15) is 9.59 Å². The number of rotatable bonds is 0. The number of hydrogen-bond donors (Lipinski definition) is 0. The van der Waals surface area contributed by atoms with Gasteiger partial charge in [-0.15, -0.1) is 11.3 Å². The molecule has 0 unspecified atom stereocenters. The molecule has 0 atom stereocenters. The summed E-state index contributed by atoms with van der Waals surface area (Å²) in [7, 11) is 0. The lowest BCUT2D eigenvalue weighted by Crippen LogP contribution is -2.24. The molecule has 0 aliphatic carbocycles. The van der Waals surface area contributed by atoms with E-state index in [0.29, 0.717) is 9.21 Å². The van der Waals surface area contributed by atoms with Crippen LogP contribution in [0.15, 0.2) is 24.3 Å². The Kier molecular flexibility index (Phi) is 4.67. The maximum Gasteiger partial charge on any atom is 0.524 e. The minimum absolute atomic E-state index is 0.181. The predicted molar refractivity (Wildman–Crippen MR) is 121 cm³/mol. The molecule has 0 radical (unpaired) electrons. The van der Waals surface area contributed by atoms with Gasteiger partial charge >= 0.3 is 12.3 Å². The highest BCUT2D eigenvalue weighted by molar-refractivity contribution is 7.72. The first kappa shape index (κ1) is 20.8. The van der Waals surface area contributed by atoms with Crippen molar-refractivity contribution in [1.29, 1.82) is 0 Å². The molecule has 30 heavy (non-hydrogen) atoms. The molecular weight excluding hydrogens is 420 g/mol. The van der Waals surface area contributed by atoms with Gasteiger partial charge in [0.1, 0.15) is 0 Å². The number of benzene rings is 2. The summed E-state index contributed by atoms with van der Waals surface area (Å²) in [4.78, 5) is 24.3. The molecule has 4 rings (SSSR count). The van der Waals surface area contributed by atoms with E-state index in [4.69, 9.17) is 21.7 Å². The maximum absolute atomic E-state index is 12.1. The van der Waals surface area contributed by atoms with Crippen molar-refractivity contribution in [3.05, 3.63) is 39.9 Å². The maximum atomic E-state index is 12.1. The first-order valence-corrected chi connectivity index (χ1v) is 10.8. The molecule has 1 aliphatic rings. The Hall–Kier alpha value is -2.51. The fourth-order valence-corrected chi connectivity index (χ4v) is 5.61. The molecule has 156 valence electrons. The zero-order chi connectivity index (χ0) is 22.0. The summed E-state index contributed by atoms with van der Waals surface area (Å²) in [5.41, 5.74) is 0.984. The topological polar surface area (TPSA) is 61.8 Å². The smallest absolute Gasteiger partial charge is 0.390 e. The highest BCUT2D eigenvalue weighted by Crippen LogP contribution is 2.53. The minimum Gasteiger partial charge on any atom is -0.390 e. The van der Waals surface area contributed by atoms with E-state index in [1.165, 1.54) is 11.3 Å². The van der Waals surface area contributed by atoms with E-state index in [0.717, 1.165) is 26.6 Å². The molecule has 1 aromatic heterocycles. The van der Waals surface area contributed by atoms with E-state index in [1.807, 2.05) is 45.0 Å². The number of carbonyl (C=O) groups is 2. The van der Waals surface area contributed by atoms with Crippen LogP contribution in [0, 0.1) is 4.51 Å². The first-order valence-electron chi connectivity index (χ1n) is 9.57. The largest absolute Gasteiger partial charge is 0.524 e. The summed E-state index contributed by atoms with van der Waals surface area (Å²) in [5, 5.41) is 1.80. The van der Waals surface area contributed by atoms with E-state index in [1.54, 1.807) is 0 Å². The van der Waals surface area contributed by atoms with Crippen molar-refractivity contribution in [3.8, 4) is 11.5 Å². The van der Waals surface area contributed by atoms with Gasteiger partial charge in [-0.2, -0.15) is 0 Å². The quantitative estimate of drug-likeness (QED) is 0.119. The van der Waals surface area contributed by atoms with Crippen LogP contribution in [0.25, 0.3) is 20.2 Å². The molecule has 2 aromatic carbocycles. The fraction of sp³-hybridized carbons (Fsp3) is 0.348. The summed E-state index contributed by atoms with van der Waals surface area (Å²) in [6.07, 6.45) is -2.22. The number of hydrogen-bond acceptors (Lipinski definition) is 7. The van der Waals surface area contributed by atoms with E-state index >= 15 is 0 Å². The summed E-state index contributed by atoms with van der Waals surface area (Å²) in [6.45, 7) is 12.4. The van der Waals surface area contributed by atoms with Gasteiger partial charge in [0.2, 0.25) is 0 Å². The monoisotopic (exact) mass is 442 g/mol. The predicted octanol–water partition coefficient (Wildman–Crippen LogP) is 7.41. The van der Waals surface area contributed by atoms with Crippen LogP contribution in [0.4, 0.5) is 9.59 Å². The summed E-state index contributed by atoms with van der Waals surface area (Å²) >= 11 is 7.40. The lowest BCUT2D eigenvalue weighted by atomic mass is 9.73. The molecule has 2 heterocycles. The second-order valence-electron chi connectivity index (χ2n) is 9.35. The summed E-state index contributed by atoms with van der Waals surface area (Å²) in [6, 6.07) is 7.85. The minimum atomic E-state index is -1.12. The average molecular weight is 443 g/mol. The van der Waals surface area contributed by atoms with Gasteiger partial charge in [-0.25, -0.2) is 9.59 Å². The Morgan fingerprint density at radius 2 is 1.37 bits per heavy atom. The van der Waals surface area contributed by atoms with Crippen molar-refractivity contribution >= 4 is 56.0 Å². The number of ether oxygens (including phenoxy) is 3. The van der Waals surface area contributed by atoms with Crippen LogP contribution in [0.2, 0.25) is 0 Å². The molecule has 0 amide bonds. The van der Waals surface area contributed by atoms with Crippen molar-refractivity contribution in [2.45, 2.75) is 52.4 Å². The molecule has 3 aromatic rings. The number of cyclic esters (lactones) is 2. The molecular formula is C23H22O5S2. The van der Waals surface area contributed by atoms with Crippen molar-refractivity contribution in [2.75, 3.05) is 0 Å². The van der Waals surface area contributed by atoms with Crippen LogP contribution in [-0.4, -0.2) is 12.3 Å². The fourth-order valence-electron chi connectivity index (χ4n) is 3.92. The normalized spacial score (nSPS) is 14.7. The van der Waals surface area contributed by atoms with Crippen LogP contribution in [0.3, 0.4) is 0 Å². The summed E-state index contributed by atoms with van der Waals surface area (Å²) in [5.74, 6) is 0.400. The number of carbonyl (C=O) groups excluding carboxylic acids is 2. The molecule has 1 aliphatic heterocycles. The van der Waals surface area contributed by atoms with Gasteiger partial charge in [-0.1, -0.05) is 72.0 Å². The molecule has 0 fully saturated rings. The lowest BCUT2D eigenvalue weighted by Gasteiger charge is -2.33. The van der Waals surface area contributed by atoms with Crippen LogP contribution in [0.1, 0.15) is 52.7 Å². The van der Waals surface area contributed by atoms with E-state index < -0.39 is 17.7 Å². The SMILES string of the molecule is CC(C)(C)c1c2c(c3sc4ccccc4c(=S)c3c1C(C)(C)C)OC(=O)OC(=O)O2. The molecule has 0 N–H and O–H groups in total. The average Bonchev–Trinajstić information content (AvgIpc) is 2.76. The van der Waals surface area contributed by atoms with Crippen molar-refractivity contribution < 1.29 is 23.8 Å². The molecule has 0 spiro atoms. The van der Waals surface area contributed by atoms with Crippen LogP contribution < -0.4 is 9.47 Å². The van der Waals surface area contributed by atoms with Gasteiger partial charge in [0, 0.05) is 21.0 Å². The zero-order valence-corrected chi connectivity index (χ0v) is 19.3. The number of fused-ring (bicyclic) bond motifs is 4. The van der Waals surface area contributed by atoms with Crippen LogP contribution >= 0.6 is 23.6 Å². The van der Waals surface area contributed by atoms with Crippen molar-refractivity contribution in [3.63, 3.8) is 0 Å². The Balaban J connectivity index is 2.36. The summed E-state index contributed by atoms with van der Waals surface area (Å²) < 4.78 is 18.0. The van der Waals surface area contributed by atoms with Gasteiger partial charge in [0.05, 0.1) is 9.21 Å². The lowest BCUT2D eigenvalue weighted by molar-refractivity contribution is 0.0997. The Bertz CT molecular complexity index is 1290. The van der Waals surface area contributed by atoms with Crippen LogP contribution in [-0.2, 0) is 15.6 Å². The van der Waals surface area contributed by atoms with Gasteiger partial charge in [0.25, 0.3) is 0 Å². The third kappa shape index (κ3) is 3.26. The van der Waals surface area contributed by atoms with Gasteiger partial charge in [-0.3, -0.25) is 0 Å². The van der Waals surface area contributed by atoms with Gasteiger partial charge in [-0.05, 0) is 22.5 Å². The second-order valence-corrected chi connectivity index (χ2v) is 10.8. The van der Waals surface area contributed by atoms with Gasteiger partial charge < -0.3 is 14.2 Å². The third-order valence-electron chi connectivity index (χ3n) is 4.97. The first-order chi connectivity index (χ1) is 13.9. The molecule has 7 heteroatoms. The molecule has 0 saturated heterocycles. The Morgan fingerprint density at radius 3 is 1.97 bits per heavy atom. The Labute approximate surface area is 183 Å². The highest BCUT2D eigenvalue weighted by atomic mass is 32.1. The van der Waals surface area contributed by atoms with E-state index in [2.05, 4.69) is 25.5 Å². The second kappa shape index (κ2) is 6.75. The molecule has 0 bridgehead atoms. The molecule has 5 nitrogen and oxygen atoms in total. The Morgan fingerprint density at radius 1 is 0.800 bits per heavy atom. The van der Waals surface area contributed by atoms with Crippen molar-refractivity contribution in [1.82, 2.24) is 0 Å². The van der Waals surface area contributed by atoms with Gasteiger partial charge in [0.15, 0.2) is 11.5 Å².